The molecule has 2 unspecified atom stereocenters. The molecular formula is C15H23FN4O. The smallest absolute Gasteiger partial charge is 0.315 e. The summed E-state index contributed by atoms with van der Waals surface area (Å²) in [6.07, 6.45) is 2.00. The Hall–Kier alpha value is -1.66. The first-order valence-corrected chi connectivity index (χ1v) is 7.40. The molecule has 0 bridgehead atoms. The van der Waals surface area contributed by atoms with E-state index in [9.17, 15) is 9.18 Å². The summed E-state index contributed by atoms with van der Waals surface area (Å²) in [5.74, 6) is 0.307. The number of amides is 2. The van der Waals surface area contributed by atoms with Gasteiger partial charge in [0, 0.05) is 31.2 Å². The van der Waals surface area contributed by atoms with Gasteiger partial charge in [0.15, 0.2) is 0 Å². The van der Waals surface area contributed by atoms with Crippen molar-refractivity contribution in [3.63, 3.8) is 0 Å². The Balaban J connectivity index is 1.58. The van der Waals surface area contributed by atoms with E-state index >= 15 is 0 Å². The molecule has 5 nitrogen and oxygen atoms in total. The molecule has 1 heterocycles. The van der Waals surface area contributed by atoms with Gasteiger partial charge < -0.3 is 10.6 Å². The number of halogens is 1. The van der Waals surface area contributed by atoms with E-state index in [4.69, 9.17) is 0 Å². The third-order valence-corrected chi connectivity index (χ3v) is 3.84. The molecule has 1 aromatic rings. The van der Waals surface area contributed by atoms with Crippen LogP contribution >= 0.6 is 0 Å². The zero-order valence-corrected chi connectivity index (χ0v) is 12.3. The molecule has 1 saturated heterocycles. The molecule has 2 rings (SSSR count). The van der Waals surface area contributed by atoms with Crippen molar-refractivity contribution in [1.29, 1.82) is 0 Å². The van der Waals surface area contributed by atoms with E-state index in [2.05, 4.69) is 28.4 Å². The van der Waals surface area contributed by atoms with E-state index < -0.39 is 0 Å². The molecule has 4 N–H and O–H groups in total. The predicted molar refractivity (Wildman–Crippen MR) is 80.0 cm³/mol. The summed E-state index contributed by atoms with van der Waals surface area (Å²) in [5.41, 5.74) is 6.80. The maximum Gasteiger partial charge on any atom is 0.315 e. The monoisotopic (exact) mass is 294 g/mol. The highest BCUT2D eigenvalue weighted by atomic mass is 19.1. The number of hydrogen-bond acceptors (Lipinski definition) is 3. The van der Waals surface area contributed by atoms with Crippen molar-refractivity contribution in [1.82, 2.24) is 21.5 Å². The average molecular weight is 294 g/mol. The molecule has 0 aliphatic carbocycles. The summed E-state index contributed by atoms with van der Waals surface area (Å²) >= 11 is 0. The van der Waals surface area contributed by atoms with Crippen LogP contribution in [0.2, 0.25) is 0 Å². The second-order valence-electron chi connectivity index (χ2n) is 5.42. The number of benzene rings is 1. The molecule has 0 aromatic heterocycles. The Morgan fingerprint density at radius 2 is 2.19 bits per heavy atom. The number of hydrogen-bond donors (Lipinski definition) is 4. The lowest BCUT2D eigenvalue weighted by Gasteiger charge is -2.13. The van der Waals surface area contributed by atoms with Gasteiger partial charge in [-0.2, -0.15) is 0 Å². The second-order valence-corrected chi connectivity index (χ2v) is 5.42. The van der Waals surface area contributed by atoms with Crippen molar-refractivity contribution in [3.05, 3.63) is 35.6 Å². The van der Waals surface area contributed by atoms with Crippen LogP contribution in [0.5, 0.6) is 0 Å². The number of rotatable bonds is 6. The topological polar surface area (TPSA) is 65.2 Å². The molecule has 2 atom stereocenters. The zero-order chi connectivity index (χ0) is 15.1. The van der Waals surface area contributed by atoms with Crippen LogP contribution in [0, 0.1) is 11.7 Å². The minimum Gasteiger partial charge on any atom is -0.338 e. The standard InChI is InChI=1S/C15H23FN4O/c1-11-12(10-19-20-11)6-4-8-17-15(21)18-9-13-5-2-3-7-14(13)16/h2-3,5,7,11-12,19-20H,4,6,8-10H2,1H3,(H2,17,18,21). The Morgan fingerprint density at radius 1 is 1.38 bits per heavy atom. The summed E-state index contributed by atoms with van der Waals surface area (Å²) in [7, 11) is 0. The van der Waals surface area contributed by atoms with Crippen LogP contribution in [0.15, 0.2) is 24.3 Å². The van der Waals surface area contributed by atoms with Crippen molar-refractivity contribution in [3.8, 4) is 0 Å². The van der Waals surface area contributed by atoms with E-state index in [0.717, 1.165) is 19.4 Å². The van der Waals surface area contributed by atoms with Crippen LogP contribution in [0.25, 0.3) is 0 Å². The summed E-state index contributed by atoms with van der Waals surface area (Å²) in [6.45, 7) is 3.96. The van der Waals surface area contributed by atoms with Crippen molar-refractivity contribution in [2.45, 2.75) is 32.4 Å². The molecule has 0 saturated carbocycles. The lowest BCUT2D eigenvalue weighted by Crippen LogP contribution is -2.36. The largest absolute Gasteiger partial charge is 0.338 e. The normalized spacial score (nSPS) is 21.2. The van der Waals surface area contributed by atoms with Gasteiger partial charge in [0.05, 0.1) is 0 Å². The third kappa shape index (κ3) is 4.99. The first-order valence-electron chi connectivity index (χ1n) is 7.40. The Kier molecular flexibility index (Phi) is 5.95. The summed E-state index contributed by atoms with van der Waals surface area (Å²) < 4.78 is 13.4. The molecule has 0 spiro atoms. The minimum atomic E-state index is -0.298. The number of nitrogens with one attached hydrogen (secondary N) is 4. The maximum atomic E-state index is 13.4. The van der Waals surface area contributed by atoms with Gasteiger partial charge in [-0.1, -0.05) is 18.2 Å². The molecule has 21 heavy (non-hydrogen) atoms. The van der Waals surface area contributed by atoms with Crippen LogP contribution in [-0.4, -0.2) is 25.2 Å². The Labute approximate surface area is 124 Å². The van der Waals surface area contributed by atoms with Crippen molar-refractivity contribution < 1.29 is 9.18 Å². The van der Waals surface area contributed by atoms with Crippen molar-refractivity contribution >= 4 is 6.03 Å². The fourth-order valence-corrected chi connectivity index (χ4v) is 2.44. The average Bonchev–Trinajstić information content (AvgIpc) is 2.88. The molecule has 6 heteroatoms. The second kappa shape index (κ2) is 7.95. The van der Waals surface area contributed by atoms with Gasteiger partial charge in [0.1, 0.15) is 5.82 Å². The van der Waals surface area contributed by atoms with Gasteiger partial charge >= 0.3 is 6.03 Å². The highest BCUT2D eigenvalue weighted by molar-refractivity contribution is 5.73. The van der Waals surface area contributed by atoms with E-state index in [1.165, 1.54) is 6.07 Å². The van der Waals surface area contributed by atoms with Crippen molar-refractivity contribution in [2.24, 2.45) is 5.92 Å². The van der Waals surface area contributed by atoms with Crippen molar-refractivity contribution in [2.75, 3.05) is 13.1 Å². The van der Waals surface area contributed by atoms with Crippen LogP contribution in [0.4, 0.5) is 9.18 Å². The highest BCUT2D eigenvalue weighted by Gasteiger charge is 2.21. The predicted octanol–water partition coefficient (Wildman–Crippen LogP) is 1.52. The van der Waals surface area contributed by atoms with Gasteiger partial charge in [-0.25, -0.2) is 9.18 Å². The summed E-state index contributed by atoms with van der Waals surface area (Å²) in [4.78, 5) is 11.6. The Bertz CT molecular complexity index is 469. The maximum absolute atomic E-state index is 13.4. The number of hydrazine groups is 1. The van der Waals surface area contributed by atoms with E-state index in [1.807, 2.05) is 0 Å². The summed E-state index contributed by atoms with van der Waals surface area (Å²) in [6, 6.07) is 6.65. The molecule has 1 fully saturated rings. The first kappa shape index (κ1) is 15.7. The first-order chi connectivity index (χ1) is 10.2. The van der Waals surface area contributed by atoms with Gasteiger partial charge in [-0.15, -0.1) is 0 Å². The number of carbonyl (C=O) groups excluding carboxylic acids is 1. The van der Waals surface area contributed by atoms with Crippen LogP contribution < -0.4 is 21.5 Å². The highest BCUT2D eigenvalue weighted by Crippen LogP contribution is 2.13. The molecular weight excluding hydrogens is 271 g/mol. The fraction of sp³-hybridized carbons (Fsp3) is 0.533. The fourth-order valence-electron chi connectivity index (χ4n) is 2.44. The lowest BCUT2D eigenvalue weighted by atomic mass is 9.98. The molecule has 116 valence electrons. The van der Waals surface area contributed by atoms with E-state index in [0.29, 0.717) is 24.1 Å². The zero-order valence-electron chi connectivity index (χ0n) is 12.3. The van der Waals surface area contributed by atoms with Crippen LogP contribution in [0.1, 0.15) is 25.3 Å². The van der Waals surface area contributed by atoms with Gasteiger partial charge in [-0.3, -0.25) is 10.9 Å². The molecule has 1 aliphatic rings. The number of urea groups is 1. The summed E-state index contributed by atoms with van der Waals surface area (Å²) in [5, 5.41) is 5.46. The van der Waals surface area contributed by atoms with Gasteiger partial charge in [0.2, 0.25) is 0 Å². The van der Waals surface area contributed by atoms with Crippen LogP contribution in [-0.2, 0) is 6.54 Å². The molecule has 0 radical (unpaired) electrons. The lowest BCUT2D eigenvalue weighted by molar-refractivity contribution is 0.240. The van der Waals surface area contributed by atoms with Gasteiger partial charge in [-0.05, 0) is 31.7 Å². The minimum absolute atomic E-state index is 0.200. The van der Waals surface area contributed by atoms with Gasteiger partial charge in [0.25, 0.3) is 0 Å². The SMILES string of the molecule is CC1NNCC1CCCNC(=O)NCc1ccccc1F. The molecule has 1 aromatic carbocycles. The van der Waals surface area contributed by atoms with E-state index in [1.54, 1.807) is 18.2 Å². The van der Waals surface area contributed by atoms with Crippen LogP contribution in [0.3, 0.4) is 0 Å². The molecule has 1 aliphatic heterocycles. The quantitative estimate of drug-likeness (QED) is 0.602. The molecule has 2 amide bonds. The number of carbonyl (C=O) groups is 1. The Morgan fingerprint density at radius 3 is 2.90 bits per heavy atom. The van der Waals surface area contributed by atoms with E-state index in [-0.39, 0.29) is 18.4 Å². The third-order valence-electron chi connectivity index (χ3n) is 3.84.